The fourth-order valence-corrected chi connectivity index (χ4v) is 2.14. The maximum absolute atomic E-state index is 13.4. The van der Waals surface area contributed by atoms with Crippen LogP contribution in [0.25, 0.3) is 11.3 Å². The van der Waals surface area contributed by atoms with Crippen LogP contribution in [0.4, 0.5) is 26.2 Å². The first kappa shape index (κ1) is 17.2. The van der Waals surface area contributed by atoms with Crippen LogP contribution < -0.4 is 10.6 Å². The van der Waals surface area contributed by atoms with Gasteiger partial charge in [0.25, 0.3) is 0 Å². The molecule has 0 fully saturated rings. The molecule has 0 atom stereocenters. The van der Waals surface area contributed by atoms with Crippen LogP contribution in [-0.2, 0) is 4.79 Å². The summed E-state index contributed by atoms with van der Waals surface area (Å²) in [6.45, 7) is -0.371. The number of benzene rings is 1. The van der Waals surface area contributed by atoms with Crippen molar-refractivity contribution in [1.82, 2.24) is 15.0 Å². The van der Waals surface area contributed by atoms with E-state index in [4.69, 9.17) is 5.11 Å². The Labute approximate surface area is 146 Å². The van der Waals surface area contributed by atoms with Crippen molar-refractivity contribution in [3.05, 3.63) is 60.4 Å². The monoisotopic (exact) mass is 357 g/mol. The number of carbonyl (C=O) groups is 1. The molecule has 26 heavy (non-hydrogen) atoms. The van der Waals surface area contributed by atoms with Crippen molar-refractivity contribution in [3.8, 4) is 11.3 Å². The number of nitrogens with one attached hydrogen (secondary N) is 2. The average molecular weight is 357 g/mol. The summed E-state index contributed by atoms with van der Waals surface area (Å²) in [5.41, 5.74) is 1.52. The lowest BCUT2D eigenvalue weighted by Crippen LogP contribution is -2.15. The Hall–Kier alpha value is -3.62. The lowest BCUT2D eigenvalue weighted by Gasteiger charge is -2.11. The number of hydrogen-bond acceptors (Lipinski definition) is 6. The van der Waals surface area contributed by atoms with E-state index in [1.807, 2.05) is 0 Å². The summed E-state index contributed by atoms with van der Waals surface area (Å²) >= 11 is 0. The van der Waals surface area contributed by atoms with Crippen LogP contribution >= 0.6 is 0 Å². The van der Waals surface area contributed by atoms with Gasteiger partial charge in [0.1, 0.15) is 12.4 Å². The summed E-state index contributed by atoms with van der Waals surface area (Å²) in [7, 11) is 0. The molecule has 2 heterocycles. The zero-order chi connectivity index (χ0) is 18.5. The molecule has 0 unspecified atom stereocenters. The molecule has 0 amide bonds. The Balaban J connectivity index is 1.95. The highest BCUT2D eigenvalue weighted by Gasteiger charge is 2.09. The topological polar surface area (TPSA) is 100 Å². The molecule has 9 heteroatoms. The van der Waals surface area contributed by atoms with E-state index >= 15 is 0 Å². The van der Waals surface area contributed by atoms with Crippen molar-refractivity contribution in [3.63, 3.8) is 0 Å². The zero-order valence-corrected chi connectivity index (χ0v) is 13.3. The average Bonchev–Trinajstić information content (AvgIpc) is 2.64. The van der Waals surface area contributed by atoms with E-state index in [0.717, 1.165) is 17.7 Å². The first-order valence-electron chi connectivity index (χ1n) is 7.48. The minimum atomic E-state index is -1.07. The van der Waals surface area contributed by atoms with Gasteiger partial charge in [-0.2, -0.15) is 4.98 Å². The maximum Gasteiger partial charge on any atom is 0.322 e. The molecule has 0 aliphatic rings. The van der Waals surface area contributed by atoms with Gasteiger partial charge in [0.15, 0.2) is 11.6 Å². The standard InChI is InChI=1S/C17H13F2N5O2/c18-12-2-1-11(7-13(12)19)22-15-8-14(10-3-5-20-6-4-10)23-17(24-15)21-9-16(25)26/h1-8H,9H2,(H,25,26)(H2,21,22,23,24). The SMILES string of the molecule is O=C(O)CNc1nc(Nc2ccc(F)c(F)c2)cc(-c2ccncc2)n1. The Morgan fingerprint density at radius 3 is 2.50 bits per heavy atom. The number of rotatable bonds is 6. The number of anilines is 3. The highest BCUT2D eigenvalue weighted by molar-refractivity contribution is 5.73. The minimum absolute atomic E-state index is 0.0757. The van der Waals surface area contributed by atoms with Gasteiger partial charge in [-0.3, -0.25) is 9.78 Å². The molecule has 1 aromatic carbocycles. The van der Waals surface area contributed by atoms with Crippen LogP contribution in [0.3, 0.4) is 0 Å². The van der Waals surface area contributed by atoms with E-state index in [1.165, 1.54) is 6.07 Å². The Bertz CT molecular complexity index is 938. The Kier molecular flexibility index (Phi) is 4.97. The largest absolute Gasteiger partial charge is 0.480 e. The van der Waals surface area contributed by atoms with Gasteiger partial charge < -0.3 is 15.7 Å². The molecule has 132 valence electrons. The fourth-order valence-electron chi connectivity index (χ4n) is 2.14. The third-order valence-corrected chi connectivity index (χ3v) is 3.29. The molecule has 0 saturated heterocycles. The number of halogens is 2. The predicted octanol–water partition coefficient (Wildman–Crippen LogP) is 3.06. The number of pyridine rings is 1. The summed E-state index contributed by atoms with van der Waals surface area (Å²) in [6.07, 6.45) is 3.18. The highest BCUT2D eigenvalue weighted by Crippen LogP contribution is 2.24. The first-order valence-corrected chi connectivity index (χ1v) is 7.48. The van der Waals surface area contributed by atoms with E-state index in [-0.39, 0.29) is 24.0 Å². The minimum Gasteiger partial charge on any atom is -0.480 e. The number of aromatic nitrogens is 3. The Morgan fingerprint density at radius 1 is 1.04 bits per heavy atom. The molecule has 0 radical (unpaired) electrons. The smallest absolute Gasteiger partial charge is 0.322 e. The highest BCUT2D eigenvalue weighted by atomic mass is 19.2. The van der Waals surface area contributed by atoms with Gasteiger partial charge in [0, 0.05) is 35.8 Å². The lowest BCUT2D eigenvalue weighted by molar-refractivity contribution is -0.134. The van der Waals surface area contributed by atoms with Crippen molar-refractivity contribution < 1.29 is 18.7 Å². The molecule has 0 saturated carbocycles. The summed E-state index contributed by atoms with van der Waals surface area (Å²) in [4.78, 5) is 23.1. The van der Waals surface area contributed by atoms with Gasteiger partial charge in [0.2, 0.25) is 5.95 Å². The van der Waals surface area contributed by atoms with Crippen molar-refractivity contribution in [2.45, 2.75) is 0 Å². The number of aliphatic carboxylic acids is 1. The molecular weight excluding hydrogens is 344 g/mol. The second-order valence-electron chi connectivity index (χ2n) is 5.20. The predicted molar refractivity (Wildman–Crippen MR) is 91.0 cm³/mol. The Morgan fingerprint density at radius 2 is 1.81 bits per heavy atom. The van der Waals surface area contributed by atoms with Crippen molar-refractivity contribution in [1.29, 1.82) is 0 Å². The van der Waals surface area contributed by atoms with Gasteiger partial charge in [-0.25, -0.2) is 13.8 Å². The van der Waals surface area contributed by atoms with Crippen molar-refractivity contribution in [2.24, 2.45) is 0 Å². The second-order valence-corrected chi connectivity index (χ2v) is 5.20. The number of hydrogen-bond donors (Lipinski definition) is 3. The maximum atomic E-state index is 13.4. The van der Waals surface area contributed by atoms with E-state index in [2.05, 4.69) is 25.6 Å². The fraction of sp³-hybridized carbons (Fsp3) is 0.0588. The number of nitrogens with zero attached hydrogens (tertiary/aromatic N) is 3. The van der Waals surface area contributed by atoms with Crippen LogP contribution in [-0.4, -0.2) is 32.6 Å². The van der Waals surface area contributed by atoms with Crippen LogP contribution in [0.15, 0.2) is 48.8 Å². The molecule has 3 rings (SSSR count). The number of carboxylic acids is 1. The molecule has 0 spiro atoms. The van der Waals surface area contributed by atoms with Crippen LogP contribution in [0.5, 0.6) is 0 Å². The molecule has 0 aliphatic carbocycles. The van der Waals surface area contributed by atoms with Gasteiger partial charge in [-0.1, -0.05) is 0 Å². The van der Waals surface area contributed by atoms with Gasteiger partial charge in [-0.05, 0) is 24.3 Å². The van der Waals surface area contributed by atoms with Crippen molar-refractivity contribution in [2.75, 3.05) is 17.2 Å². The van der Waals surface area contributed by atoms with Gasteiger partial charge >= 0.3 is 5.97 Å². The molecule has 2 aromatic heterocycles. The third kappa shape index (κ3) is 4.26. The molecule has 0 bridgehead atoms. The van der Waals surface area contributed by atoms with Gasteiger partial charge in [0.05, 0.1) is 5.69 Å². The van der Waals surface area contributed by atoms with Crippen LogP contribution in [0.2, 0.25) is 0 Å². The van der Waals surface area contributed by atoms with E-state index in [1.54, 1.807) is 30.6 Å². The van der Waals surface area contributed by atoms with E-state index in [9.17, 15) is 13.6 Å². The van der Waals surface area contributed by atoms with E-state index in [0.29, 0.717) is 5.69 Å². The zero-order valence-electron chi connectivity index (χ0n) is 13.3. The van der Waals surface area contributed by atoms with Crippen molar-refractivity contribution >= 4 is 23.4 Å². The summed E-state index contributed by atoms with van der Waals surface area (Å²) in [5.74, 6) is -2.67. The quantitative estimate of drug-likeness (QED) is 0.623. The molecule has 0 aliphatic heterocycles. The summed E-state index contributed by atoms with van der Waals surface area (Å²) in [6, 6.07) is 8.40. The molecular formula is C17H13F2N5O2. The second kappa shape index (κ2) is 7.51. The molecule has 7 nitrogen and oxygen atoms in total. The van der Waals surface area contributed by atoms with Crippen LogP contribution in [0, 0.1) is 11.6 Å². The summed E-state index contributed by atoms with van der Waals surface area (Å²) < 4.78 is 26.4. The number of carboxylic acid groups (broad SMARTS) is 1. The normalized spacial score (nSPS) is 10.4. The first-order chi connectivity index (χ1) is 12.5. The van der Waals surface area contributed by atoms with Gasteiger partial charge in [-0.15, -0.1) is 0 Å². The molecule has 3 aromatic rings. The van der Waals surface area contributed by atoms with Crippen LogP contribution in [0.1, 0.15) is 0 Å². The third-order valence-electron chi connectivity index (χ3n) is 3.29. The van der Waals surface area contributed by atoms with E-state index < -0.39 is 17.6 Å². The molecule has 3 N–H and O–H groups in total. The summed E-state index contributed by atoms with van der Waals surface area (Å²) in [5, 5.41) is 14.2. The lowest BCUT2D eigenvalue weighted by atomic mass is 10.2.